The standard InChI is InChI=1S/C21H25N3O3S2/c1-2-3-4-5-6-9-12-23-20(27)18(29-21(23)28)17-14-10-7-8-11-15(14)24(19(17)26)13-16(22)25/h7-8,10-11H,2-6,9,12-13H2,1H3,(H2,22,25). The van der Waals surface area contributed by atoms with Crippen LogP contribution in [0.1, 0.15) is 51.0 Å². The van der Waals surface area contributed by atoms with E-state index in [0.29, 0.717) is 32.6 Å². The molecule has 3 amide bonds. The molecule has 0 spiro atoms. The first kappa shape index (κ1) is 21.5. The maximum atomic E-state index is 13.1. The number of thioether (sulfide) groups is 1. The number of thiocarbonyl (C=S) groups is 1. The molecule has 2 aliphatic heterocycles. The molecule has 0 atom stereocenters. The summed E-state index contributed by atoms with van der Waals surface area (Å²) in [6.07, 6.45) is 6.73. The largest absolute Gasteiger partial charge is 0.368 e. The van der Waals surface area contributed by atoms with E-state index in [1.807, 2.05) is 0 Å². The lowest BCUT2D eigenvalue weighted by Crippen LogP contribution is -2.36. The molecule has 2 heterocycles. The molecule has 1 fully saturated rings. The van der Waals surface area contributed by atoms with Crippen molar-refractivity contribution in [3.8, 4) is 0 Å². The fraction of sp³-hybridized carbons (Fsp3) is 0.429. The van der Waals surface area contributed by atoms with Crippen LogP contribution in [0.15, 0.2) is 29.2 Å². The Hall–Kier alpha value is -2.19. The van der Waals surface area contributed by atoms with Gasteiger partial charge in [-0.25, -0.2) is 0 Å². The average molecular weight is 432 g/mol. The van der Waals surface area contributed by atoms with E-state index in [2.05, 4.69) is 6.92 Å². The van der Waals surface area contributed by atoms with Crippen LogP contribution in [0.4, 0.5) is 5.69 Å². The van der Waals surface area contributed by atoms with Gasteiger partial charge >= 0.3 is 0 Å². The molecule has 1 saturated heterocycles. The molecule has 29 heavy (non-hydrogen) atoms. The maximum absolute atomic E-state index is 13.1. The summed E-state index contributed by atoms with van der Waals surface area (Å²) in [5.74, 6) is -1.22. The third-order valence-electron chi connectivity index (χ3n) is 5.05. The van der Waals surface area contributed by atoms with E-state index >= 15 is 0 Å². The Morgan fingerprint density at radius 2 is 1.72 bits per heavy atom. The highest BCUT2D eigenvalue weighted by atomic mass is 32.2. The second-order valence-corrected chi connectivity index (χ2v) is 8.82. The minimum Gasteiger partial charge on any atom is -0.368 e. The normalized spacial score (nSPS) is 18.7. The Balaban J connectivity index is 1.80. The van der Waals surface area contributed by atoms with Crippen molar-refractivity contribution in [2.75, 3.05) is 18.0 Å². The minimum absolute atomic E-state index is 0.225. The predicted octanol–water partition coefficient (Wildman–Crippen LogP) is 3.45. The zero-order chi connectivity index (χ0) is 21.0. The molecule has 0 bridgehead atoms. The van der Waals surface area contributed by atoms with E-state index in [-0.39, 0.29) is 18.4 Å². The number of para-hydroxylation sites is 1. The predicted molar refractivity (Wildman–Crippen MR) is 120 cm³/mol. The van der Waals surface area contributed by atoms with Crippen LogP contribution in [-0.4, -0.2) is 40.0 Å². The fourth-order valence-corrected chi connectivity index (χ4v) is 4.98. The summed E-state index contributed by atoms with van der Waals surface area (Å²) in [4.78, 5) is 40.8. The summed E-state index contributed by atoms with van der Waals surface area (Å²) >= 11 is 6.58. The van der Waals surface area contributed by atoms with Crippen molar-refractivity contribution in [2.24, 2.45) is 5.73 Å². The monoisotopic (exact) mass is 431 g/mol. The smallest absolute Gasteiger partial charge is 0.267 e. The van der Waals surface area contributed by atoms with E-state index in [4.69, 9.17) is 18.0 Å². The van der Waals surface area contributed by atoms with Gasteiger partial charge in [0, 0.05) is 12.1 Å². The van der Waals surface area contributed by atoms with Crippen LogP contribution in [0.25, 0.3) is 5.57 Å². The number of anilines is 1. The Labute approximate surface area is 180 Å². The van der Waals surface area contributed by atoms with Gasteiger partial charge in [-0.1, -0.05) is 81.2 Å². The summed E-state index contributed by atoms with van der Waals surface area (Å²) in [5, 5.41) is 0. The molecule has 0 aromatic heterocycles. The van der Waals surface area contributed by atoms with Crippen molar-refractivity contribution in [3.05, 3.63) is 34.7 Å². The molecule has 1 aromatic carbocycles. The fourth-order valence-electron chi connectivity index (χ4n) is 3.60. The van der Waals surface area contributed by atoms with Gasteiger partial charge in [-0.2, -0.15) is 0 Å². The summed E-state index contributed by atoms with van der Waals surface area (Å²) < 4.78 is 0.477. The molecular weight excluding hydrogens is 406 g/mol. The number of carbonyl (C=O) groups excluding carboxylic acids is 3. The van der Waals surface area contributed by atoms with Gasteiger partial charge in [0.15, 0.2) is 0 Å². The van der Waals surface area contributed by atoms with Gasteiger partial charge in [-0.3, -0.25) is 24.2 Å². The number of nitrogens with zero attached hydrogens (tertiary/aromatic N) is 2. The molecule has 0 saturated carbocycles. The van der Waals surface area contributed by atoms with Crippen molar-refractivity contribution in [3.63, 3.8) is 0 Å². The molecule has 8 heteroatoms. The molecule has 2 N–H and O–H groups in total. The van der Waals surface area contributed by atoms with Crippen LogP contribution < -0.4 is 10.6 Å². The van der Waals surface area contributed by atoms with Gasteiger partial charge < -0.3 is 5.73 Å². The topological polar surface area (TPSA) is 83.7 Å². The van der Waals surface area contributed by atoms with Crippen molar-refractivity contribution >= 4 is 57.3 Å². The van der Waals surface area contributed by atoms with Crippen molar-refractivity contribution < 1.29 is 14.4 Å². The lowest BCUT2D eigenvalue weighted by Gasteiger charge is -2.15. The van der Waals surface area contributed by atoms with E-state index < -0.39 is 5.91 Å². The first-order chi connectivity index (χ1) is 14.0. The first-order valence-corrected chi connectivity index (χ1v) is 11.2. The number of nitrogens with two attached hydrogens (primary N) is 1. The lowest BCUT2D eigenvalue weighted by atomic mass is 10.1. The third kappa shape index (κ3) is 4.53. The van der Waals surface area contributed by atoms with Crippen LogP contribution in [0.2, 0.25) is 0 Å². The van der Waals surface area contributed by atoms with Gasteiger partial charge in [0.2, 0.25) is 5.91 Å². The SMILES string of the molecule is CCCCCCCCN1C(=O)C(=C2C(=O)N(CC(N)=O)c3ccccc32)SC1=S. The summed E-state index contributed by atoms with van der Waals surface area (Å²) in [6, 6.07) is 7.12. The Morgan fingerprint density at radius 1 is 1.03 bits per heavy atom. The van der Waals surface area contributed by atoms with Gasteiger partial charge in [0.25, 0.3) is 11.8 Å². The van der Waals surface area contributed by atoms with Gasteiger partial charge in [0.05, 0.1) is 16.2 Å². The number of fused-ring (bicyclic) bond motifs is 1. The molecule has 2 aliphatic rings. The zero-order valence-corrected chi connectivity index (χ0v) is 18.1. The second-order valence-electron chi connectivity index (χ2n) is 7.17. The average Bonchev–Trinajstić information content (AvgIpc) is 3.12. The molecular formula is C21H25N3O3S2. The van der Waals surface area contributed by atoms with Crippen molar-refractivity contribution in [1.82, 2.24) is 4.90 Å². The molecule has 0 radical (unpaired) electrons. The summed E-state index contributed by atoms with van der Waals surface area (Å²) in [5.41, 5.74) is 6.85. The molecule has 0 unspecified atom stereocenters. The Morgan fingerprint density at radius 3 is 2.45 bits per heavy atom. The van der Waals surface area contributed by atoms with Crippen molar-refractivity contribution in [2.45, 2.75) is 45.4 Å². The van der Waals surface area contributed by atoms with Crippen LogP contribution in [0.5, 0.6) is 0 Å². The maximum Gasteiger partial charge on any atom is 0.267 e. The summed E-state index contributed by atoms with van der Waals surface area (Å²) in [7, 11) is 0. The Bertz CT molecular complexity index is 882. The third-order valence-corrected chi connectivity index (χ3v) is 6.50. The Kier molecular flexibility index (Phi) is 7.08. The minimum atomic E-state index is -0.606. The molecule has 3 rings (SSSR count). The number of rotatable bonds is 9. The molecule has 154 valence electrons. The van der Waals surface area contributed by atoms with E-state index in [0.717, 1.165) is 31.0 Å². The van der Waals surface area contributed by atoms with Crippen LogP contribution in [0.3, 0.4) is 0 Å². The van der Waals surface area contributed by atoms with E-state index in [1.54, 1.807) is 29.2 Å². The zero-order valence-electron chi connectivity index (χ0n) is 16.5. The number of amides is 3. The van der Waals surface area contributed by atoms with Gasteiger partial charge in [-0.15, -0.1) is 0 Å². The lowest BCUT2D eigenvalue weighted by molar-refractivity contribution is -0.122. The number of hydrogen-bond donors (Lipinski definition) is 1. The van der Waals surface area contributed by atoms with Gasteiger partial charge in [0.1, 0.15) is 10.9 Å². The van der Waals surface area contributed by atoms with E-state index in [9.17, 15) is 14.4 Å². The number of benzene rings is 1. The molecule has 0 aliphatic carbocycles. The quantitative estimate of drug-likeness (QED) is 0.368. The number of carbonyl (C=O) groups is 3. The van der Waals surface area contributed by atoms with Crippen LogP contribution >= 0.6 is 24.0 Å². The molecule has 6 nitrogen and oxygen atoms in total. The van der Waals surface area contributed by atoms with Crippen LogP contribution in [-0.2, 0) is 14.4 Å². The van der Waals surface area contributed by atoms with Crippen LogP contribution in [0, 0.1) is 0 Å². The second kappa shape index (κ2) is 9.54. The summed E-state index contributed by atoms with van der Waals surface area (Å²) in [6.45, 7) is 2.52. The highest BCUT2D eigenvalue weighted by Gasteiger charge is 2.42. The number of unbranched alkanes of at least 4 members (excludes halogenated alkanes) is 5. The highest BCUT2D eigenvalue weighted by molar-refractivity contribution is 8.26. The van der Waals surface area contributed by atoms with Crippen molar-refractivity contribution in [1.29, 1.82) is 0 Å². The highest BCUT2D eigenvalue weighted by Crippen LogP contribution is 2.44. The van der Waals surface area contributed by atoms with E-state index in [1.165, 1.54) is 24.2 Å². The molecule has 1 aromatic rings. The first-order valence-electron chi connectivity index (χ1n) is 9.93. The van der Waals surface area contributed by atoms with Gasteiger partial charge in [-0.05, 0) is 12.5 Å². The number of hydrogen-bond acceptors (Lipinski definition) is 5. The number of primary amides is 1.